The number of amides is 1. The van der Waals surface area contributed by atoms with E-state index < -0.39 is 33.3 Å². The van der Waals surface area contributed by atoms with Crippen LogP contribution in [0.15, 0.2) is 42.3 Å². The summed E-state index contributed by atoms with van der Waals surface area (Å²) in [5.74, 6) is -2.91. The third kappa shape index (κ3) is 5.48. The van der Waals surface area contributed by atoms with E-state index in [4.69, 9.17) is 4.74 Å². The first-order valence-corrected chi connectivity index (χ1v) is 10.6. The van der Waals surface area contributed by atoms with Gasteiger partial charge in [-0.2, -0.15) is 0 Å². The van der Waals surface area contributed by atoms with Gasteiger partial charge in [0, 0.05) is 10.9 Å². The van der Waals surface area contributed by atoms with Crippen molar-refractivity contribution in [3.8, 4) is 11.1 Å². The van der Waals surface area contributed by atoms with E-state index in [9.17, 15) is 22.4 Å². The minimum Gasteiger partial charge on any atom is -0.462 e. The zero-order chi connectivity index (χ0) is 20.0. The Hall–Kier alpha value is -2.52. The van der Waals surface area contributed by atoms with Crippen LogP contribution in [0.5, 0.6) is 0 Å². The molecule has 0 aliphatic rings. The molecule has 0 spiro atoms. The summed E-state index contributed by atoms with van der Waals surface area (Å²) in [7, 11) is -3.63. The normalized spacial score (nSPS) is 11.0. The minimum atomic E-state index is -3.63. The first-order valence-electron chi connectivity index (χ1n) is 7.93. The third-order valence-electron chi connectivity index (χ3n) is 3.40. The monoisotopic (exact) mass is 411 g/mol. The maximum atomic E-state index is 13.2. The number of halogens is 1. The fraction of sp³-hybridized carbons (Fsp3) is 0.222. The molecule has 0 radical (unpaired) electrons. The van der Waals surface area contributed by atoms with Gasteiger partial charge in [-0.05, 0) is 24.6 Å². The molecule has 144 valence electrons. The summed E-state index contributed by atoms with van der Waals surface area (Å²) in [5.41, 5.74) is 1.13. The van der Waals surface area contributed by atoms with Crippen molar-refractivity contribution in [2.75, 3.05) is 23.4 Å². The largest absolute Gasteiger partial charge is 0.462 e. The lowest BCUT2D eigenvalue weighted by molar-refractivity contribution is -0.113. The van der Waals surface area contributed by atoms with E-state index in [-0.39, 0.29) is 22.9 Å². The van der Waals surface area contributed by atoms with Gasteiger partial charge in [0.2, 0.25) is 5.91 Å². The molecular weight excluding hydrogens is 393 g/mol. The number of sulfone groups is 1. The number of anilines is 1. The number of hydrogen-bond acceptors (Lipinski definition) is 6. The van der Waals surface area contributed by atoms with Crippen molar-refractivity contribution in [3.05, 3.63) is 53.7 Å². The predicted molar refractivity (Wildman–Crippen MR) is 103 cm³/mol. The van der Waals surface area contributed by atoms with Crippen LogP contribution in [0.3, 0.4) is 0 Å². The average molecular weight is 411 g/mol. The van der Waals surface area contributed by atoms with Gasteiger partial charge in [-0.15, -0.1) is 17.9 Å². The van der Waals surface area contributed by atoms with Gasteiger partial charge in [-0.25, -0.2) is 17.6 Å². The van der Waals surface area contributed by atoms with Crippen LogP contribution in [0.4, 0.5) is 9.39 Å². The molecular formula is C18H18FNO5S2. The number of esters is 1. The van der Waals surface area contributed by atoms with Gasteiger partial charge in [-0.1, -0.05) is 18.2 Å². The Morgan fingerprint density at radius 1 is 1.30 bits per heavy atom. The van der Waals surface area contributed by atoms with Gasteiger partial charge in [0.1, 0.15) is 22.1 Å². The molecule has 0 fully saturated rings. The van der Waals surface area contributed by atoms with Gasteiger partial charge < -0.3 is 10.1 Å². The van der Waals surface area contributed by atoms with Gasteiger partial charge in [-0.3, -0.25) is 4.79 Å². The number of ether oxygens (including phenoxy) is 1. The quantitative estimate of drug-likeness (QED) is 0.532. The van der Waals surface area contributed by atoms with E-state index in [0.29, 0.717) is 11.1 Å². The highest BCUT2D eigenvalue weighted by molar-refractivity contribution is 7.92. The van der Waals surface area contributed by atoms with Gasteiger partial charge >= 0.3 is 5.97 Å². The molecule has 0 unspecified atom stereocenters. The standard InChI is InChI=1S/C18H18FNO5S2/c1-3-9-27(23,24)11-15(21)20-17-16(18(22)25-4-2)14(10-26-17)12-5-7-13(19)8-6-12/h3,5-8,10H,1,4,9,11H2,2H3,(H,20,21). The van der Waals surface area contributed by atoms with Crippen molar-refractivity contribution in [2.45, 2.75) is 6.92 Å². The Labute approximate surface area is 160 Å². The summed E-state index contributed by atoms with van der Waals surface area (Å²) in [6, 6.07) is 5.50. The first kappa shape index (κ1) is 20.8. The molecule has 0 bridgehead atoms. The second-order valence-corrected chi connectivity index (χ2v) is 8.46. The zero-order valence-electron chi connectivity index (χ0n) is 14.5. The van der Waals surface area contributed by atoms with Gasteiger partial charge in [0.05, 0.1) is 12.4 Å². The highest BCUT2D eigenvalue weighted by Gasteiger charge is 2.24. The van der Waals surface area contributed by atoms with E-state index in [0.717, 1.165) is 11.3 Å². The smallest absolute Gasteiger partial charge is 0.341 e. The van der Waals surface area contributed by atoms with Crippen molar-refractivity contribution in [1.82, 2.24) is 0 Å². The number of benzene rings is 1. The SMILES string of the molecule is C=CCS(=O)(=O)CC(=O)Nc1scc(-c2ccc(F)cc2)c1C(=O)OCC. The molecule has 9 heteroatoms. The Morgan fingerprint density at radius 3 is 2.56 bits per heavy atom. The number of rotatable bonds is 8. The second-order valence-electron chi connectivity index (χ2n) is 5.47. The summed E-state index contributed by atoms with van der Waals surface area (Å²) in [5, 5.41) is 4.25. The van der Waals surface area contributed by atoms with Crippen LogP contribution in [0, 0.1) is 5.82 Å². The van der Waals surface area contributed by atoms with Crippen molar-refractivity contribution in [1.29, 1.82) is 0 Å². The Morgan fingerprint density at radius 2 is 1.96 bits per heavy atom. The van der Waals surface area contributed by atoms with Crippen LogP contribution in [0.2, 0.25) is 0 Å². The molecule has 2 rings (SSSR count). The molecule has 0 saturated carbocycles. The van der Waals surface area contributed by atoms with Crippen LogP contribution < -0.4 is 5.32 Å². The zero-order valence-corrected chi connectivity index (χ0v) is 16.2. The molecule has 6 nitrogen and oxygen atoms in total. The first-order chi connectivity index (χ1) is 12.8. The van der Waals surface area contributed by atoms with Crippen molar-refractivity contribution in [2.24, 2.45) is 0 Å². The number of hydrogen-bond donors (Lipinski definition) is 1. The van der Waals surface area contributed by atoms with Crippen molar-refractivity contribution < 1.29 is 27.1 Å². The lowest BCUT2D eigenvalue weighted by Crippen LogP contribution is -2.24. The summed E-state index contributed by atoms with van der Waals surface area (Å²) < 4.78 is 41.7. The van der Waals surface area contributed by atoms with E-state index >= 15 is 0 Å². The number of carbonyl (C=O) groups excluding carboxylic acids is 2. The third-order valence-corrected chi connectivity index (χ3v) is 5.74. The van der Waals surface area contributed by atoms with E-state index in [1.807, 2.05) is 0 Å². The molecule has 1 N–H and O–H groups in total. The van der Waals surface area contributed by atoms with Crippen LogP contribution >= 0.6 is 11.3 Å². The molecule has 1 heterocycles. The molecule has 0 atom stereocenters. The Balaban J connectivity index is 2.36. The Bertz CT molecular complexity index is 949. The van der Waals surface area contributed by atoms with Crippen molar-refractivity contribution >= 4 is 38.1 Å². The maximum Gasteiger partial charge on any atom is 0.341 e. The van der Waals surface area contributed by atoms with Crippen LogP contribution in [-0.2, 0) is 19.4 Å². The molecule has 2 aromatic rings. The highest BCUT2D eigenvalue weighted by Crippen LogP contribution is 2.36. The fourth-order valence-electron chi connectivity index (χ4n) is 2.30. The summed E-state index contributed by atoms with van der Waals surface area (Å²) in [6.07, 6.45) is 1.20. The minimum absolute atomic E-state index is 0.0999. The van der Waals surface area contributed by atoms with E-state index in [1.165, 1.54) is 30.3 Å². The van der Waals surface area contributed by atoms with Crippen molar-refractivity contribution in [3.63, 3.8) is 0 Å². The van der Waals surface area contributed by atoms with E-state index in [2.05, 4.69) is 11.9 Å². The maximum absolute atomic E-state index is 13.2. The number of thiophene rings is 1. The molecule has 0 aliphatic heterocycles. The molecule has 0 aliphatic carbocycles. The van der Waals surface area contributed by atoms with Gasteiger partial charge in [0.25, 0.3) is 0 Å². The summed E-state index contributed by atoms with van der Waals surface area (Å²) >= 11 is 1.06. The average Bonchev–Trinajstić information content (AvgIpc) is 2.98. The lowest BCUT2D eigenvalue weighted by Gasteiger charge is -2.09. The lowest BCUT2D eigenvalue weighted by atomic mass is 10.0. The molecule has 0 saturated heterocycles. The Kier molecular flexibility index (Phi) is 6.86. The molecule has 1 aromatic heterocycles. The summed E-state index contributed by atoms with van der Waals surface area (Å²) in [4.78, 5) is 24.5. The molecule has 1 amide bonds. The number of carbonyl (C=O) groups is 2. The van der Waals surface area contributed by atoms with Crippen LogP contribution in [0.25, 0.3) is 11.1 Å². The predicted octanol–water partition coefficient (Wildman–Crippen LogP) is 3.27. The topological polar surface area (TPSA) is 89.5 Å². The molecule has 27 heavy (non-hydrogen) atoms. The number of nitrogens with one attached hydrogen (secondary N) is 1. The highest BCUT2D eigenvalue weighted by atomic mass is 32.2. The van der Waals surface area contributed by atoms with Crippen LogP contribution in [0.1, 0.15) is 17.3 Å². The van der Waals surface area contributed by atoms with Gasteiger partial charge in [0.15, 0.2) is 9.84 Å². The fourth-order valence-corrected chi connectivity index (χ4v) is 4.22. The van der Waals surface area contributed by atoms with Crippen LogP contribution in [-0.4, -0.2) is 38.4 Å². The second kappa shape index (κ2) is 8.92. The molecule has 1 aromatic carbocycles. The van der Waals surface area contributed by atoms with E-state index in [1.54, 1.807) is 12.3 Å². The summed E-state index contributed by atoms with van der Waals surface area (Å²) in [6.45, 7) is 5.11.